The van der Waals surface area contributed by atoms with E-state index in [1.807, 2.05) is 6.07 Å². The number of nitrogens with zero attached hydrogens (tertiary/aromatic N) is 2. The zero-order chi connectivity index (χ0) is 21.8. The number of carboxylic acid groups (broad SMARTS) is 1. The molecule has 166 valence electrons. The highest BCUT2D eigenvalue weighted by Crippen LogP contribution is 2.36. The molecule has 2 amide bonds. The quantitative estimate of drug-likeness (QED) is 0.436. The molecular formula is C21H31N3O6. The third-order valence-corrected chi connectivity index (χ3v) is 5.00. The van der Waals surface area contributed by atoms with Crippen LogP contribution >= 0.6 is 0 Å². The first-order valence-corrected chi connectivity index (χ1v) is 10.3. The Bertz CT molecular complexity index is 685. The van der Waals surface area contributed by atoms with Gasteiger partial charge in [0.05, 0.1) is 18.6 Å². The summed E-state index contributed by atoms with van der Waals surface area (Å²) in [5.41, 5.74) is 0.854. The second-order valence-electron chi connectivity index (χ2n) is 7.27. The van der Waals surface area contributed by atoms with E-state index in [0.717, 1.165) is 18.4 Å². The molecule has 0 saturated carbocycles. The van der Waals surface area contributed by atoms with Gasteiger partial charge in [0.2, 0.25) is 11.8 Å². The Hall–Kier alpha value is -2.52. The largest absolute Gasteiger partial charge is 0.481 e. The van der Waals surface area contributed by atoms with E-state index in [2.05, 4.69) is 10.3 Å². The van der Waals surface area contributed by atoms with E-state index >= 15 is 0 Å². The van der Waals surface area contributed by atoms with Crippen LogP contribution in [0.5, 0.6) is 0 Å². The molecule has 30 heavy (non-hydrogen) atoms. The summed E-state index contributed by atoms with van der Waals surface area (Å²) in [5.74, 6) is -1.45. The zero-order valence-electron chi connectivity index (χ0n) is 17.4. The fourth-order valence-electron chi connectivity index (χ4n) is 3.43. The molecule has 0 aromatic carbocycles. The van der Waals surface area contributed by atoms with Crippen molar-refractivity contribution >= 4 is 17.8 Å². The SMILES string of the molecule is CN1C(=O)C[C@H](C(=O)NCCOCCCCOCCCC(=O)O)[C@H]1c1cccnc1. The van der Waals surface area contributed by atoms with Crippen molar-refractivity contribution in [3.05, 3.63) is 30.1 Å². The number of aromatic nitrogens is 1. The summed E-state index contributed by atoms with van der Waals surface area (Å²) in [7, 11) is 1.71. The van der Waals surface area contributed by atoms with E-state index in [1.54, 1.807) is 30.4 Å². The van der Waals surface area contributed by atoms with Gasteiger partial charge in [0.15, 0.2) is 0 Å². The highest BCUT2D eigenvalue weighted by atomic mass is 16.5. The number of unbranched alkanes of at least 4 members (excludes halogenated alkanes) is 1. The lowest BCUT2D eigenvalue weighted by Gasteiger charge is -2.24. The zero-order valence-corrected chi connectivity index (χ0v) is 17.4. The van der Waals surface area contributed by atoms with Crippen LogP contribution in [0, 0.1) is 5.92 Å². The lowest BCUT2D eigenvalue weighted by Crippen LogP contribution is -2.36. The second-order valence-corrected chi connectivity index (χ2v) is 7.27. The third kappa shape index (κ3) is 7.72. The van der Waals surface area contributed by atoms with E-state index in [-0.39, 0.29) is 30.7 Å². The molecule has 2 rings (SSSR count). The number of carboxylic acids is 1. The Kier molecular flexibility index (Phi) is 10.2. The average Bonchev–Trinajstić information content (AvgIpc) is 3.03. The van der Waals surface area contributed by atoms with Gasteiger partial charge in [-0.15, -0.1) is 0 Å². The van der Waals surface area contributed by atoms with E-state index in [9.17, 15) is 14.4 Å². The van der Waals surface area contributed by atoms with Crippen LogP contribution in [-0.2, 0) is 23.9 Å². The first kappa shape index (κ1) is 23.8. The summed E-state index contributed by atoms with van der Waals surface area (Å²) in [4.78, 5) is 40.8. The Morgan fingerprint density at radius 3 is 2.57 bits per heavy atom. The summed E-state index contributed by atoms with van der Waals surface area (Å²) < 4.78 is 10.9. The van der Waals surface area contributed by atoms with Crippen LogP contribution in [0.2, 0.25) is 0 Å². The Morgan fingerprint density at radius 2 is 1.90 bits per heavy atom. The van der Waals surface area contributed by atoms with Crippen LogP contribution in [0.1, 0.15) is 43.7 Å². The van der Waals surface area contributed by atoms with Crippen LogP contribution in [0.15, 0.2) is 24.5 Å². The molecule has 2 heterocycles. The first-order chi connectivity index (χ1) is 14.5. The molecule has 2 atom stereocenters. The minimum Gasteiger partial charge on any atom is -0.481 e. The molecule has 0 aliphatic carbocycles. The number of nitrogens with one attached hydrogen (secondary N) is 1. The van der Waals surface area contributed by atoms with E-state index in [1.165, 1.54) is 0 Å². The van der Waals surface area contributed by atoms with Gasteiger partial charge in [0, 0.05) is 58.6 Å². The topological polar surface area (TPSA) is 118 Å². The fourth-order valence-corrected chi connectivity index (χ4v) is 3.43. The van der Waals surface area contributed by atoms with Gasteiger partial charge in [-0.1, -0.05) is 6.07 Å². The van der Waals surface area contributed by atoms with Gasteiger partial charge in [-0.05, 0) is 30.9 Å². The molecule has 0 spiro atoms. The smallest absolute Gasteiger partial charge is 0.303 e. The lowest BCUT2D eigenvalue weighted by atomic mass is 9.94. The maximum Gasteiger partial charge on any atom is 0.303 e. The standard InChI is InChI=1S/C21H31N3O6/c1-24-18(25)14-17(20(24)16-6-4-8-22-15-16)21(28)23-9-13-30-11-3-2-10-29-12-5-7-19(26)27/h4,6,8,15,17,20H,2-3,5,7,9-14H2,1H3,(H,23,28)(H,26,27)/t17-,20+/m0/s1. The van der Waals surface area contributed by atoms with Crippen LogP contribution in [0.3, 0.4) is 0 Å². The molecule has 0 bridgehead atoms. The molecule has 2 N–H and O–H groups in total. The molecule has 1 aliphatic heterocycles. The molecular weight excluding hydrogens is 390 g/mol. The van der Waals surface area contributed by atoms with Gasteiger partial charge >= 0.3 is 5.97 Å². The Labute approximate surface area is 176 Å². The van der Waals surface area contributed by atoms with Crippen LogP contribution in [0.25, 0.3) is 0 Å². The Morgan fingerprint density at radius 1 is 1.20 bits per heavy atom. The number of likely N-dealkylation sites (tertiary alicyclic amines) is 1. The van der Waals surface area contributed by atoms with Gasteiger partial charge in [-0.3, -0.25) is 19.4 Å². The van der Waals surface area contributed by atoms with Crippen molar-refractivity contribution in [3.8, 4) is 0 Å². The summed E-state index contributed by atoms with van der Waals surface area (Å²) in [6.45, 7) is 2.39. The number of rotatable bonds is 14. The predicted octanol–water partition coefficient (Wildman–Crippen LogP) is 1.40. The number of aliphatic carboxylic acids is 1. The van der Waals surface area contributed by atoms with Crippen LogP contribution in [-0.4, -0.2) is 72.8 Å². The minimum absolute atomic E-state index is 0.0505. The second kappa shape index (κ2) is 12.9. The Balaban J connectivity index is 1.57. The van der Waals surface area contributed by atoms with Crippen molar-refractivity contribution in [1.82, 2.24) is 15.2 Å². The number of hydrogen-bond acceptors (Lipinski definition) is 6. The summed E-state index contributed by atoms with van der Waals surface area (Å²) >= 11 is 0. The monoisotopic (exact) mass is 421 g/mol. The number of hydrogen-bond donors (Lipinski definition) is 2. The molecule has 0 radical (unpaired) electrons. The number of ether oxygens (including phenoxy) is 2. The van der Waals surface area contributed by atoms with Crippen molar-refractivity contribution in [1.29, 1.82) is 0 Å². The maximum atomic E-state index is 12.6. The van der Waals surface area contributed by atoms with Crippen molar-refractivity contribution in [2.75, 3.05) is 40.0 Å². The van der Waals surface area contributed by atoms with E-state index < -0.39 is 11.9 Å². The van der Waals surface area contributed by atoms with E-state index in [0.29, 0.717) is 39.4 Å². The van der Waals surface area contributed by atoms with Crippen molar-refractivity contribution in [2.45, 2.75) is 38.1 Å². The third-order valence-electron chi connectivity index (χ3n) is 5.00. The highest BCUT2D eigenvalue weighted by Gasteiger charge is 2.42. The molecule has 0 unspecified atom stereocenters. The summed E-state index contributed by atoms with van der Waals surface area (Å²) in [5, 5.41) is 11.4. The van der Waals surface area contributed by atoms with Crippen LogP contribution in [0.4, 0.5) is 0 Å². The van der Waals surface area contributed by atoms with Gasteiger partial charge in [-0.25, -0.2) is 0 Å². The van der Waals surface area contributed by atoms with Crippen LogP contribution < -0.4 is 5.32 Å². The normalized spacial score (nSPS) is 18.6. The highest BCUT2D eigenvalue weighted by molar-refractivity contribution is 5.90. The molecule has 1 aliphatic rings. The summed E-state index contributed by atoms with van der Waals surface area (Å²) in [6.07, 6.45) is 5.87. The fraction of sp³-hybridized carbons (Fsp3) is 0.619. The van der Waals surface area contributed by atoms with Crippen molar-refractivity contribution in [2.24, 2.45) is 5.92 Å². The molecule has 9 heteroatoms. The van der Waals surface area contributed by atoms with Crippen molar-refractivity contribution in [3.63, 3.8) is 0 Å². The lowest BCUT2D eigenvalue weighted by molar-refractivity contribution is -0.137. The summed E-state index contributed by atoms with van der Waals surface area (Å²) in [6, 6.07) is 3.38. The van der Waals surface area contributed by atoms with Gasteiger partial charge < -0.3 is 24.8 Å². The van der Waals surface area contributed by atoms with Crippen molar-refractivity contribution < 1.29 is 29.0 Å². The maximum absolute atomic E-state index is 12.6. The average molecular weight is 421 g/mol. The van der Waals surface area contributed by atoms with Gasteiger partial charge in [0.1, 0.15) is 0 Å². The van der Waals surface area contributed by atoms with Gasteiger partial charge in [-0.2, -0.15) is 0 Å². The van der Waals surface area contributed by atoms with E-state index in [4.69, 9.17) is 14.6 Å². The molecule has 9 nitrogen and oxygen atoms in total. The molecule has 1 aromatic heterocycles. The molecule has 1 fully saturated rings. The number of amides is 2. The number of carbonyl (C=O) groups excluding carboxylic acids is 2. The molecule has 1 saturated heterocycles. The predicted molar refractivity (Wildman–Crippen MR) is 109 cm³/mol. The molecule has 1 aromatic rings. The first-order valence-electron chi connectivity index (χ1n) is 10.3. The number of carbonyl (C=O) groups is 3. The van der Waals surface area contributed by atoms with Gasteiger partial charge in [0.25, 0.3) is 0 Å². The number of pyridine rings is 1. The minimum atomic E-state index is -0.807.